The second-order valence-electron chi connectivity index (χ2n) is 6.13. The topological polar surface area (TPSA) is 66.5 Å². The number of nitrogens with one attached hydrogen (secondary N) is 1. The van der Waals surface area contributed by atoms with Crippen molar-refractivity contribution in [1.29, 1.82) is 0 Å². The van der Waals surface area contributed by atoms with Gasteiger partial charge >= 0.3 is 0 Å². The fourth-order valence-electron chi connectivity index (χ4n) is 2.74. The molecule has 132 valence electrons. The highest BCUT2D eigenvalue weighted by atomic mass is 35.5. The molecule has 26 heavy (non-hydrogen) atoms. The van der Waals surface area contributed by atoms with Gasteiger partial charge in [0.05, 0.1) is 12.1 Å². The van der Waals surface area contributed by atoms with E-state index in [1.165, 1.54) is 6.92 Å². The van der Waals surface area contributed by atoms with Crippen LogP contribution in [0.5, 0.6) is 0 Å². The average Bonchev–Trinajstić information content (AvgIpc) is 2.81. The van der Waals surface area contributed by atoms with Crippen molar-refractivity contribution in [2.24, 2.45) is 0 Å². The highest BCUT2D eigenvalue weighted by Crippen LogP contribution is 2.33. The van der Waals surface area contributed by atoms with E-state index >= 15 is 0 Å². The molecule has 1 N–H and O–H groups in total. The number of amides is 3. The number of carbonyl (C=O) groups is 3. The summed E-state index contributed by atoms with van der Waals surface area (Å²) in [7, 11) is 0. The summed E-state index contributed by atoms with van der Waals surface area (Å²) in [5.41, 5.74) is 3.27. The fourth-order valence-corrected chi connectivity index (χ4v) is 3.03. The predicted octanol–water partition coefficient (Wildman–Crippen LogP) is 3.47. The minimum absolute atomic E-state index is 0.0885. The van der Waals surface area contributed by atoms with Gasteiger partial charge in [0.1, 0.15) is 5.03 Å². The lowest BCUT2D eigenvalue weighted by molar-refractivity contribution is -0.137. The number of halogens is 1. The number of rotatable bonds is 4. The van der Waals surface area contributed by atoms with Crippen molar-refractivity contribution in [3.8, 4) is 0 Å². The number of hydrogen-bond acceptors (Lipinski definition) is 3. The Kier molecular flexibility index (Phi) is 4.91. The number of benzene rings is 2. The van der Waals surface area contributed by atoms with E-state index in [0.29, 0.717) is 11.3 Å². The van der Waals surface area contributed by atoms with Crippen molar-refractivity contribution in [1.82, 2.24) is 4.90 Å². The van der Waals surface area contributed by atoms with Crippen LogP contribution in [0.4, 0.5) is 5.69 Å². The fraction of sp³-hybridized carbons (Fsp3) is 0.150. The van der Waals surface area contributed by atoms with Crippen molar-refractivity contribution >= 4 is 40.6 Å². The van der Waals surface area contributed by atoms with Crippen LogP contribution in [0.3, 0.4) is 0 Å². The zero-order chi connectivity index (χ0) is 18.8. The van der Waals surface area contributed by atoms with Crippen LogP contribution in [0.15, 0.2) is 53.6 Å². The average molecular weight is 369 g/mol. The Morgan fingerprint density at radius 2 is 1.62 bits per heavy atom. The molecule has 0 atom stereocenters. The summed E-state index contributed by atoms with van der Waals surface area (Å²) in [5, 5.41) is 2.56. The smallest absolute Gasteiger partial charge is 0.273 e. The molecule has 2 aromatic rings. The number of hydrogen-bond donors (Lipinski definition) is 1. The van der Waals surface area contributed by atoms with Crippen molar-refractivity contribution in [3.63, 3.8) is 0 Å². The molecular weight excluding hydrogens is 352 g/mol. The van der Waals surface area contributed by atoms with Crippen LogP contribution >= 0.6 is 11.6 Å². The minimum atomic E-state index is -0.502. The number of anilines is 1. The molecule has 0 saturated heterocycles. The van der Waals surface area contributed by atoms with Gasteiger partial charge in [-0.05, 0) is 30.2 Å². The molecule has 0 bridgehead atoms. The molecule has 1 aliphatic heterocycles. The Morgan fingerprint density at radius 1 is 1.00 bits per heavy atom. The van der Waals surface area contributed by atoms with Gasteiger partial charge in [0.2, 0.25) is 5.91 Å². The lowest BCUT2D eigenvalue weighted by Gasteiger charge is -2.15. The summed E-state index contributed by atoms with van der Waals surface area (Å²) in [4.78, 5) is 37.4. The molecule has 3 rings (SSSR count). The normalized spacial score (nSPS) is 14.2. The van der Waals surface area contributed by atoms with E-state index < -0.39 is 11.8 Å². The van der Waals surface area contributed by atoms with Crippen molar-refractivity contribution in [2.75, 3.05) is 5.32 Å². The Morgan fingerprint density at radius 3 is 2.19 bits per heavy atom. The van der Waals surface area contributed by atoms with Gasteiger partial charge in [-0.2, -0.15) is 0 Å². The lowest BCUT2D eigenvalue weighted by atomic mass is 10.1. The molecule has 0 unspecified atom stereocenters. The Hall–Kier alpha value is -2.92. The van der Waals surface area contributed by atoms with Gasteiger partial charge in [-0.1, -0.05) is 53.6 Å². The third-order valence-corrected chi connectivity index (χ3v) is 4.42. The molecule has 3 amide bonds. The SMILES string of the molecule is CC(=O)Nc1ccc(C2=C(Cl)C(=O)N(Cc3ccc(C)cc3)C2=O)cc1. The third-order valence-electron chi connectivity index (χ3n) is 4.07. The van der Waals surface area contributed by atoms with Gasteiger partial charge in [-0.25, -0.2) is 0 Å². The van der Waals surface area contributed by atoms with Crippen molar-refractivity contribution in [2.45, 2.75) is 20.4 Å². The van der Waals surface area contributed by atoms with Crippen LogP contribution < -0.4 is 5.32 Å². The third kappa shape index (κ3) is 3.53. The molecule has 0 fully saturated rings. The molecule has 5 nitrogen and oxygen atoms in total. The number of imide groups is 1. The molecule has 1 aliphatic rings. The first-order valence-electron chi connectivity index (χ1n) is 8.06. The molecule has 6 heteroatoms. The lowest BCUT2D eigenvalue weighted by Crippen LogP contribution is -2.30. The van der Waals surface area contributed by atoms with Crippen LogP contribution in [0.25, 0.3) is 5.57 Å². The second-order valence-corrected chi connectivity index (χ2v) is 6.51. The maximum absolute atomic E-state index is 12.8. The van der Waals surface area contributed by atoms with Crippen LogP contribution in [-0.2, 0) is 20.9 Å². The number of aryl methyl sites for hydroxylation is 1. The Bertz CT molecular complexity index is 915. The summed E-state index contributed by atoms with van der Waals surface area (Å²) in [6, 6.07) is 14.2. The molecule has 0 saturated carbocycles. The van der Waals surface area contributed by atoms with Crippen LogP contribution in [-0.4, -0.2) is 22.6 Å². The zero-order valence-electron chi connectivity index (χ0n) is 14.4. The molecular formula is C20H17ClN2O3. The molecule has 0 aliphatic carbocycles. The monoisotopic (exact) mass is 368 g/mol. The summed E-state index contributed by atoms with van der Waals surface area (Å²) in [6.45, 7) is 3.55. The second kappa shape index (κ2) is 7.14. The van der Waals surface area contributed by atoms with E-state index in [0.717, 1.165) is 16.0 Å². The standard InChI is InChI=1S/C20H17ClN2O3/c1-12-3-5-14(6-4-12)11-23-19(25)17(18(21)20(23)26)15-7-9-16(10-8-15)22-13(2)24/h3-10H,11H2,1-2H3,(H,22,24). The van der Waals surface area contributed by atoms with Crippen LogP contribution in [0.2, 0.25) is 0 Å². The molecule has 0 radical (unpaired) electrons. The first-order chi connectivity index (χ1) is 12.4. The quantitative estimate of drug-likeness (QED) is 0.840. The van der Waals surface area contributed by atoms with Crippen molar-refractivity contribution < 1.29 is 14.4 Å². The highest BCUT2D eigenvalue weighted by Gasteiger charge is 2.38. The van der Waals surface area contributed by atoms with Crippen molar-refractivity contribution in [3.05, 3.63) is 70.3 Å². The Labute approximate surface area is 156 Å². The maximum Gasteiger partial charge on any atom is 0.273 e. The van der Waals surface area contributed by atoms with Gasteiger partial charge in [-0.15, -0.1) is 0 Å². The first-order valence-corrected chi connectivity index (χ1v) is 8.44. The molecule has 0 aromatic heterocycles. The van der Waals surface area contributed by atoms with Gasteiger partial charge in [-0.3, -0.25) is 19.3 Å². The molecule has 2 aromatic carbocycles. The van der Waals surface area contributed by atoms with E-state index in [1.807, 2.05) is 31.2 Å². The van der Waals surface area contributed by atoms with E-state index in [2.05, 4.69) is 5.32 Å². The summed E-state index contributed by atoms with van der Waals surface area (Å²) in [6.07, 6.45) is 0. The first kappa shape index (κ1) is 17.9. The number of nitrogens with zero attached hydrogens (tertiary/aromatic N) is 1. The maximum atomic E-state index is 12.8. The van der Waals surface area contributed by atoms with Gasteiger partial charge in [0, 0.05) is 12.6 Å². The number of carbonyl (C=O) groups excluding carboxylic acids is 3. The summed E-state index contributed by atoms with van der Waals surface area (Å²) in [5.74, 6) is -1.11. The molecule has 0 spiro atoms. The van der Waals surface area contributed by atoms with Crippen LogP contribution in [0.1, 0.15) is 23.6 Å². The van der Waals surface area contributed by atoms with E-state index in [1.54, 1.807) is 24.3 Å². The largest absolute Gasteiger partial charge is 0.326 e. The zero-order valence-corrected chi connectivity index (χ0v) is 15.1. The minimum Gasteiger partial charge on any atom is -0.326 e. The van der Waals surface area contributed by atoms with Crippen LogP contribution in [0, 0.1) is 6.92 Å². The summed E-state index contributed by atoms with van der Waals surface area (Å²) >= 11 is 6.17. The van der Waals surface area contributed by atoms with Gasteiger partial charge in [0.25, 0.3) is 11.8 Å². The van der Waals surface area contributed by atoms with Gasteiger partial charge < -0.3 is 5.32 Å². The van der Waals surface area contributed by atoms with Gasteiger partial charge in [0.15, 0.2) is 0 Å². The van der Waals surface area contributed by atoms with E-state index in [-0.39, 0.29) is 23.1 Å². The van der Waals surface area contributed by atoms with E-state index in [9.17, 15) is 14.4 Å². The van der Waals surface area contributed by atoms with E-state index in [4.69, 9.17) is 11.6 Å². The predicted molar refractivity (Wildman–Crippen MR) is 100 cm³/mol. The summed E-state index contributed by atoms with van der Waals surface area (Å²) < 4.78 is 0. The Balaban J connectivity index is 1.84. The molecule has 1 heterocycles. The highest BCUT2D eigenvalue weighted by molar-refractivity contribution is 6.55.